The monoisotopic (exact) mass is 362 g/mol. The van der Waals surface area contributed by atoms with Crippen LogP contribution in [0.15, 0.2) is 51.7 Å². The summed E-state index contributed by atoms with van der Waals surface area (Å²) < 4.78 is 5.97. The van der Waals surface area contributed by atoms with Gasteiger partial charge in [0.2, 0.25) is 0 Å². The van der Waals surface area contributed by atoms with Gasteiger partial charge in [0.25, 0.3) is 0 Å². The molecule has 0 amide bonds. The highest BCUT2D eigenvalue weighted by Crippen LogP contribution is 2.27. The third-order valence-electron chi connectivity index (χ3n) is 3.32. The van der Waals surface area contributed by atoms with Crippen LogP contribution in [-0.2, 0) is 5.33 Å². The Hall–Kier alpha value is -1.58. The van der Waals surface area contributed by atoms with E-state index in [9.17, 15) is 4.79 Å². The minimum atomic E-state index is -0.0351. The topological polar surface area (TPSA) is 30.2 Å². The molecule has 21 heavy (non-hydrogen) atoms. The first-order chi connectivity index (χ1) is 10.1. The summed E-state index contributed by atoms with van der Waals surface area (Å²) in [6, 6.07) is 12.7. The molecule has 0 bridgehead atoms. The van der Waals surface area contributed by atoms with Crippen LogP contribution in [0.25, 0.3) is 22.3 Å². The molecular weight excluding hydrogens is 352 g/mol. The Bertz CT molecular complexity index is 866. The summed E-state index contributed by atoms with van der Waals surface area (Å²) in [4.78, 5) is 12.4. The van der Waals surface area contributed by atoms with Crippen molar-refractivity contribution < 1.29 is 4.42 Å². The predicted octanol–water partition coefficient (Wildman–Crippen LogP) is 5.32. The van der Waals surface area contributed by atoms with E-state index >= 15 is 0 Å². The molecule has 0 radical (unpaired) electrons. The van der Waals surface area contributed by atoms with Gasteiger partial charge >= 0.3 is 0 Å². The summed E-state index contributed by atoms with van der Waals surface area (Å²) in [5, 5.41) is 1.90. The molecule has 1 heterocycles. The van der Waals surface area contributed by atoms with E-state index < -0.39 is 0 Å². The third kappa shape index (κ3) is 2.76. The predicted molar refractivity (Wildman–Crippen MR) is 90.3 cm³/mol. The number of benzene rings is 2. The van der Waals surface area contributed by atoms with Crippen LogP contribution in [0.1, 0.15) is 11.1 Å². The number of rotatable bonds is 2. The maximum absolute atomic E-state index is 12.4. The molecule has 3 aromatic rings. The first-order valence-electron chi connectivity index (χ1n) is 6.48. The van der Waals surface area contributed by atoms with Crippen LogP contribution in [0, 0.1) is 6.92 Å². The lowest BCUT2D eigenvalue weighted by Crippen LogP contribution is -2.02. The first-order valence-corrected chi connectivity index (χ1v) is 7.98. The van der Waals surface area contributed by atoms with Gasteiger partial charge in [-0.1, -0.05) is 33.6 Å². The van der Waals surface area contributed by atoms with Crippen LogP contribution < -0.4 is 5.43 Å². The number of hydrogen-bond acceptors (Lipinski definition) is 2. The van der Waals surface area contributed by atoms with Crippen LogP contribution >= 0.6 is 27.5 Å². The van der Waals surface area contributed by atoms with E-state index in [1.807, 2.05) is 31.2 Å². The van der Waals surface area contributed by atoms with Gasteiger partial charge in [0.1, 0.15) is 11.3 Å². The second-order valence-corrected chi connectivity index (χ2v) is 5.91. The summed E-state index contributed by atoms with van der Waals surface area (Å²) >= 11 is 9.34. The zero-order valence-electron chi connectivity index (χ0n) is 11.3. The van der Waals surface area contributed by atoms with Gasteiger partial charge < -0.3 is 4.42 Å². The molecule has 1 aromatic heterocycles. The number of alkyl halides is 1. The molecule has 0 unspecified atom stereocenters. The lowest BCUT2D eigenvalue weighted by molar-refractivity contribution is 0.616. The van der Waals surface area contributed by atoms with Crippen molar-refractivity contribution in [2.45, 2.75) is 12.3 Å². The highest BCUT2D eigenvalue weighted by Gasteiger charge is 2.11. The van der Waals surface area contributed by atoms with E-state index in [1.54, 1.807) is 12.1 Å². The fourth-order valence-electron chi connectivity index (χ4n) is 2.34. The fraction of sp³-hybridized carbons (Fsp3) is 0.118. The van der Waals surface area contributed by atoms with Crippen LogP contribution in [0.4, 0.5) is 0 Å². The van der Waals surface area contributed by atoms with E-state index in [0.29, 0.717) is 27.1 Å². The summed E-state index contributed by atoms with van der Waals surface area (Å²) in [7, 11) is 0. The van der Waals surface area contributed by atoms with Crippen molar-refractivity contribution >= 4 is 38.5 Å². The molecule has 2 aromatic carbocycles. The molecular formula is C17H12BrClO2. The average molecular weight is 364 g/mol. The SMILES string of the molecule is Cc1cc(CBr)c2oc(-c3ccc(Cl)cc3)cc(=O)c2c1. The second-order valence-electron chi connectivity index (χ2n) is 4.92. The fourth-order valence-corrected chi connectivity index (χ4v) is 2.89. The molecule has 0 aliphatic heterocycles. The zero-order valence-corrected chi connectivity index (χ0v) is 13.7. The van der Waals surface area contributed by atoms with Crippen molar-refractivity contribution in [3.05, 3.63) is 68.8 Å². The molecule has 106 valence electrons. The molecule has 0 aliphatic carbocycles. The normalized spacial score (nSPS) is 11.0. The van der Waals surface area contributed by atoms with E-state index in [1.165, 1.54) is 6.07 Å². The van der Waals surface area contributed by atoms with Gasteiger partial charge in [-0.2, -0.15) is 0 Å². The first kappa shape index (κ1) is 14.4. The van der Waals surface area contributed by atoms with Gasteiger partial charge in [0.15, 0.2) is 5.43 Å². The van der Waals surface area contributed by atoms with Crippen molar-refractivity contribution in [1.29, 1.82) is 0 Å². The standard InChI is InChI=1S/C17H12BrClO2/c1-10-6-12(9-18)17-14(7-10)15(20)8-16(21-17)11-2-4-13(19)5-3-11/h2-8H,9H2,1H3. The Morgan fingerprint density at radius 1 is 1.14 bits per heavy atom. The zero-order chi connectivity index (χ0) is 15.0. The van der Waals surface area contributed by atoms with Gasteiger partial charge in [0, 0.05) is 27.5 Å². The van der Waals surface area contributed by atoms with Crippen molar-refractivity contribution in [1.82, 2.24) is 0 Å². The molecule has 0 fully saturated rings. The highest BCUT2D eigenvalue weighted by molar-refractivity contribution is 9.08. The van der Waals surface area contributed by atoms with Crippen LogP contribution in [0.5, 0.6) is 0 Å². The van der Waals surface area contributed by atoms with Crippen molar-refractivity contribution in [3.63, 3.8) is 0 Å². The number of aryl methyl sites for hydroxylation is 1. The molecule has 3 rings (SSSR count). The molecule has 0 spiro atoms. The van der Waals surface area contributed by atoms with E-state index in [-0.39, 0.29) is 5.43 Å². The van der Waals surface area contributed by atoms with Crippen molar-refractivity contribution in [3.8, 4) is 11.3 Å². The van der Waals surface area contributed by atoms with E-state index in [0.717, 1.165) is 16.7 Å². The van der Waals surface area contributed by atoms with Gasteiger partial charge in [0.05, 0.1) is 5.39 Å². The Kier molecular flexibility index (Phi) is 3.87. The highest BCUT2D eigenvalue weighted by atomic mass is 79.9. The molecule has 2 nitrogen and oxygen atoms in total. The Morgan fingerprint density at radius 3 is 2.52 bits per heavy atom. The summed E-state index contributed by atoms with van der Waals surface area (Å²) in [5.74, 6) is 0.551. The smallest absolute Gasteiger partial charge is 0.193 e. The molecule has 0 aliphatic rings. The van der Waals surface area contributed by atoms with E-state index in [2.05, 4.69) is 15.9 Å². The number of halogens is 2. The van der Waals surface area contributed by atoms with Crippen LogP contribution in [-0.4, -0.2) is 0 Å². The largest absolute Gasteiger partial charge is 0.455 e. The summed E-state index contributed by atoms with van der Waals surface area (Å²) in [5.41, 5.74) is 3.45. The Morgan fingerprint density at radius 2 is 1.86 bits per heavy atom. The quantitative estimate of drug-likeness (QED) is 0.577. The van der Waals surface area contributed by atoms with Crippen LogP contribution in [0.2, 0.25) is 5.02 Å². The van der Waals surface area contributed by atoms with Gasteiger partial charge in [-0.3, -0.25) is 4.79 Å². The maximum Gasteiger partial charge on any atom is 0.193 e. The lowest BCUT2D eigenvalue weighted by Gasteiger charge is -2.07. The lowest BCUT2D eigenvalue weighted by atomic mass is 10.1. The Balaban J connectivity index is 2.29. The summed E-state index contributed by atoms with van der Waals surface area (Å²) in [6.45, 7) is 1.97. The minimum absolute atomic E-state index is 0.0351. The van der Waals surface area contributed by atoms with Crippen molar-refractivity contribution in [2.24, 2.45) is 0 Å². The Labute approximate surface area is 135 Å². The number of fused-ring (bicyclic) bond motifs is 1. The summed E-state index contributed by atoms with van der Waals surface area (Å²) in [6.07, 6.45) is 0. The molecule has 0 saturated carbocycles. The molecule has 0 N–H and O–H groups in total. The average Bonchev–Trinajstić information content (AvgIpc) is 2.48. The molecule has 0 atom stereocenters. The molecule has 4 heteroatoms. The van der Waals surface area contributed by atoms with E-state index in [4.69, 9.17) is 16.0 Å². The third-order valence-corrected chi connectivity index (χ3v) is 4.18. The maximum atomic E-state index is 12.4. The molecule has 0 saturated heterocycles. The van der Waals surface area contributed by atoms with Gasteiger partial charge in [-0.15, -0.1) is 0 Å². The minimum Gasteiger partial charge on any atom is -0.455 e. The van der Waals surface area contributed by atoms with Crippen molar-refractivity contribution in [2.75, 3.05) is 0 Å². The number of hydrogen-bond donors (Lipinski definition) is 0. The van der Waals surface area contributed by atoms with Crippen LogP contribution in [0.3, 0.4) is 0 Å². The van der Waals surface area contributed by atoms with Gasteiger partial charge in [-0.25, -0.2) is 0 Å². The second kappa shape index (κ2) is 5.66. The van der Waals surface area contributed by atoms with Gasteiger partial charge in [-0.05, 0) is 42.8 Å².